The van der Waals surface area contributed by atoms with Crippen LogP contribution in [0.3, 0.4) is 0 Å². The van der Waals surface area contributed by atoms with Gasteiger partial charge < -0.3 is 0 Å². The summed E-state index contributed by atoms with van der Waals surface area (Å²) in [5.74, 6) is 0.945. The molecule has 1 spiro atoms. The first-order chi connectivity index (χ1) is 4.31. The van der Waals surface area contributed by atoms with Crippen LogP contribution in [0.2, 0.25) is 0 Å². The van der Waals surface area contributed by atoms with Crippen molar-refractivity contribution in [2.24, 2.45) is 5.92 Å². The van der Waals surface area contributed by atoms with Crippen molar-refractivity contribution in [2.75, 3.05) is 11.0 Å². The standard InChI is InChI=1S/C7H13IN/c1-6-2-3-7(5-8-7)9-4-6/h6,9H,2-5H2,1H3/q-1/t6-,7?/m1/s1. The maximum absolute atomic E-state index is 3.67. The van der Waals surface area contributed by atoms with Crippen molar-refractivity contribution in [2.45, 2.75) is 23.3 Å². The minimum absolute atomic E-state index is 0.602. The summed E-state index contributed by atoms with van der Waals surface area (Å²) in [6.07, 6.45) is 2.97. The summed E-state index contributed by atoms with van der Waals surface area (Å²) in [6, 6.07) is 0. The Morgan fingerprint density at radius 3 is 2.89 bits per heavy atom. The molecule has 9 heavy (non-hydrogen) atoms. The van der Waals surface area contributed by atoms with E-state index in [4.69, 9.17) is 0 Å². The third-order valence-corrected chi connectivity index (χ3v) is 5.78. The number of hydrogen-bond donors (Lipinski definition) is 1. The Morgan fingerprint density at radius 2 is 2.44 bits per heavy atom. The van der Waals surface area contributed by atoms with Crippen LogP contribution in [0.5, 0.6) is 0 Å². The normalized spacial score (nSPS) is 50.6. The van der Waals surface area contributed by atoms with Gasteiger partial charge in [-0.3, -0.25) is 0 Å². The Bertz CT molecular complexity index is 110. The Hall–Kier alpha value is 0.690. The Morgan fingerprint density at radius 1 is 1.67 bits per heavy atom. The van der Waals surface area contributed by atoms with Gasteiger partial charge in [-0.15, -0.1) is 0 Å². The van der Waals surface area contributed by atoms with Crippen molar-refractivity contribution in [3.8, 4) is 0 Å². The van der Waals surface area contributed by atoms with Gasteiger partial charge in [0.05, 0.1) is 0 Å². The van der Waals surface area contributed by atoms with Crippen LogP contribution in [0.1, 0.15) is 19.8 Å². The van der Waals surface area contributed by atoms with Crippen molar-refractivity contribution in [1.82, 2.24) is 5.32 Å². The SMILES string of the molecule is C[C@@H]1CCC2(C[I-]2)NC1. The maximum atomic E-state index is 3.67. The number of halogens is 1. The average Bonchev–Trinajstić information content (AvgIpc) is 2.60. The van der Waals surface area contributed by atoms with E-state index in [1.165, 1.54) is 19.4 Å². The first-order valence-corrected chi connectivity index (χ1v) is 6.27. The van der Waals surface area contributed by atoms with Gasteiger partial charge in [-0.1, -0.05) is 0 Å². The van der Waals surface area contributed by atoms with E-state index in [0.29, 0.717) is 21.2 Å². The van der Waals surface area contributed by atoms with Crippen LogP contribution in [0.4, 0.5) is 0 Å². The molecule has 2 fully saturated rings. The summed E-state index contributed by atoms with van der Waals surface area (Å²) >= 11 is 0.602. The van der Waals surface area contributed by atoms with E-state index in [9.17, 15) is 0 Å². The molecule has 1 unspecified atom stereocenters. The van der Waals surface area contributed by atoms with Crippen LogP contribution in [0.15, 0.2) is 0 Å². The predicted octanol–water partition coefficient (Wildman–Crippen LogP) is -2.20. The Kier molecular flexibility index (Phi) is 1.49. The summed E-state index contributed by atoms with van der Waals surface area (Å²) in [4.78, 5) is 0. The van der Waals surface area contributed by atoms with Gasteiger partial charge in [-0.2, -0.15) is 0 Å². The zero-order valence-corrected chi connectivity index (χ0v) is 7.94. The van der Waals surface area contributed by atoms with Crippen molar-refractivity contribution in [3.05, 3.63) is 0 Å². The van der Waals surface area contributed by atoms with Crippen LogP contribution in [-0.4, -0.2) is 14.5 Å². The summed E-state index contributed by atoms with van der Waals surface area (Å²) in [7, 11) is 0. The van der Waals surface area contributed by atoms with E-state index in [1.807, 2.05) is 0 Å². The molecular weight excluding hydrogens is 225 g/mol. The molecule has 0 aromatic rings. The van der Waals surface area contributed by atoms with Gasteiger partial charge >= 0.3 is 66.7 Å². The first-order valence-electron chi connectivity index (χ1n) is 3.66. The predicted molar refractivity (Wildman–Crippen MR) is 34.0 cm³/mol. The molecule has 0 aromatic heterocycles. The molecule has 2 heteroatoms. The molecule has 0 aliphatic carbocycles. The molecule has 0 saturated carbocycles. The van der Waals surface area contributed by atoms with Crippen molar-refractivity contribution < 1.29 is 21.2 Å². The molecule has 0 amide bonds. The van der Waals surface area contributed by atoms with Gasteiger partial charge in [0, 0.05) is 0 Å². The molecule has 2 atom stereocenters. The zero-order valence-electron chi connectivity index (χ0n) is 5.78. The molecule has 1 N–H and O–H groups in total. The first kappa shape index (κ1) is 6.40. The van der Waals surface area contributed by atoms with Gasteiger partial charge in [0.1, 0.15) is 0 Å². The fourth-order valence-electron chi connectivity index (χ4n) is 1.33. The Balaban J connectivity index is 1.91. The van der Waals surface area contributed by atoms with E-state index < -0.39 is 0 Å². The fourth-order valence-corrected chi connectivity index (χ4v) is 3.63. The average molecular weight is 238 g/mol. The third-order valence-electron chi connectivity index (χ3n) is 2.26. The molecule has 1 nitrogen and oxygen atoms in total. The van der Waals surface area contributed by atoms with Crippen molar-refractivity contribution in [1.29, 1.82) is 0 Å². The van der Waals surface area contributed by atoms with Crippen LogP contribution < -0.4 is 26.5 Å². The van der Waals surface area contributed by atoms with Crippen LogP contribution in [-0.2, 0) is 0 Å². The van der Waals surface area contributed by atoms with E-state index in [2.05, 4.69) is 12.2 Å². The molecule has 0 radical (unpaired) electrons. The molecule has 0 bridgehead atoms. The summed E-state index contributed by atoms with van der Waals surface area (Å²) in [6.45, 7) is 3.64. The van der Waals surface area contributed by atoms with Crippen molar-refractivity contribution in [3.63, 3.8) is 0 Å². The number of hydrogen-bond acceptors (Lipinski definition) is 1. The van der Waals surface area contributed by atoms with Crippen LogP contribution in [0, 0.1) is 5.92 Å². The van der Waals surface area contributed by atoms with Crippen molar-refractivity contribution >= 4 is 0 Å². The third kappa shape index (κ3) is 1.24. The van der Waals surface area contributed by atoms with Gasteiger partial charge in [-0.05, 0) is 0 Å². The Labute approximate surface area is 66.9 Å². The number of rotatable bonds is 0. The fraction of sp³-hybridized carbons (Fsp3) is 1.00. The second kappa shape index (κ2) is 2.09. The number of piperidine rings is 1. The molecule has 2 aliphatic heterocycles. The van der Waals surface area contributed by atoms with E-state index in [-0.39, 0.29) is 0 Å². The van der Waals surface area contributed by atoms with Gasteiger partial charge in [0.2, 0.25) is 0 Å². The molecule has 2 heterocycles. The topological polar surface area (TPSA) is 12.0 Å². The summed E-state index contributed by atoms with van der Waals surface area (Å²) in [5, 5.41) is 3.67. The van der Waals surface area contributed by atoms with Gasteiger partial charge in [-0.25, -0.2) is 0 Å². The second-order valence-electron chi connectivity index (χ2n) is 3.26. The van der Waals surface area contributed by atoms with Gasteiger partial charge in [0.25, 0.3) is 0 Å². The molecule has 0 aromatic carbocycles. The van der Waals surface area contributed by atoms with Gasteiger partial charge in [0.15, 0.2) is 0 Å². The number of alkyl halides is 2. The molecular formula is C7H13IN-. The molecule has 2 saturated heterocycles. The van der Waals surface area contributed by atoms with E-state index in [0.717, 1.165) is 9.46 Å². The summed E-state index contributed by atoms with van der Waals surface area (Å²) in [5.41, 5.74) is 0. The van der Waals surface area contributed by atoms with E-state index in [1.54, 1.807) is 4.43 Å². The minimum atomic E-state index is 0.602. The van der Waals surface area contributed by atoms with E-state index >= 15 is 0 Å². The van der Waals surface area contributed by atoms with Crippen LogP contribution in [0.25, 0.3) is 0 Å². The number of nitrogens with one attached hydrogen (secondary N) is 1. The quantitative estimate of drug-likeness (QED) is 0.287. The molecule has 2 rings (SSSR count). The van der Waals surface area contributed by atoms with Crippen LogP contribution >= 0.6 is 0 Å². The molecule has 54 valence electrons. The molecule has 2 aliphatic rings. The summed E-state index contributed by atoms with van der Waals surface area (Å²) < 4.78 is 2.32. The second-order valence-corrected chi connectivity index (χ2v) is 6.85. The zero-order chi connectivity index (χ0) is 6.32. The monoisotopic (exact) mass is 238 g/mol.